The molecule has 2 heterocycles. The molecule has 0 bridgehead atoms. The lowest BCUT2D eigenvalue weighted by Crippen LogP contribution is -2.59. The van der Waals surface area contributed by atoms with Crippen LogP contribution in [0.5, 0.6) is 0 Å². The predicted molar refractivity (Wildman–Crippen MR) is 105 cm³/mol. The topological polar surface area (TPSA) is 55.9 Å². The third-order valence-electron chi connectivity index (χ3n) is 5.70. The van der Waals surface area contributed by atoms with E-state index < -0.39 is 0 Å². The Morgan fingerprint density at radius 1 is 1.12 bits per heavy atom. The van der Waals surface area contributed by atoms with Crippen LogP contribution in [0, 0.1) is 0 Å². The number of nitrogens with one attached hydrogen (secondary N) is 1. The van der Waals surface area contributed by atoms with Gasteiger partial charge in [0.1, 0.15) is 0 Å². The summed E-state index contributed by atoms with van der Waals surface area (Å²) >= 11 is 0. The molecule has 0 aromatic carbocycles. The first-order valence-electron chi connectivity index (χ1n) is 10.5. The Morgan fingerprint density at radius 2 is 1.77 bits per heavy atom. The van der Waals surface area contributed by atoms with Gasteiger partial charge in [-0.1, -0.05) is 12.8 Å². The van der Waals surface area contributed by atoms with Gasteiger partial charge < -0.3 is 15.1 Å². The van der Waals surface area contributed by atoms with Crippen LogP contribution in [0.2, 0.25) is 0 Å². The smallest absolute Gasteiger partial charge is 0.237 e. The fraction of sp³-hybridized carbons (Fsp3) is 0.900. The monoisotopic (exact) mass is 366 g/mol. The molecule has 2 rings (SSSR count). The average Bonchev–Trinajstić information content (AvgIpc) is 2.85. The molecular formula is C20H38N4O2. The van der Waals surface area contributed by atoms with Crippen LogP contribution in [0.25, 0.3) is 0 Å². The Kier molecular flexibility index (Phi) is 8.35. The van der Waals surface area contributed by atoms with Crippen molar-refractivity contribution in [2.24, 2.45) is 0 Å². The second-order valence-corrected chi connectivity index (χ2v) is 8.28. The number of nitrogens with zero attached hydrogens (tertiary/aromatic N) is 3. The summed E-state index contributed by atoms with van der Waals surface area (Å²) in [5.74, 6) is 0.0945. The zero-order chi connectivity index (χ0) is 19.1. The first kappa shape index (κ1) is 21.2. The number of hydrogen-bond donors (Lipinski definition) is 1. The highest BCUT2D eigenvalue weighted by atomic mass is 16.2. The molecule has 2 aliphatic rings. The highest BCUT2D eigenvalue weighted by Gasteiger charge is 2.34. The Morgan fingerprint density at radius 3 is 2.35 bits per heavy atom. The predicted octanol–water partition coefficient (Wildman–Crippen LogP) is 1.70. The van der Waals surface area contributed by atoms with Crippen molar-refractivity contribution in [2.75, 3.05) is 39.3 Å². The molecule has 0 aromatic heterocycles. The lowest BCUT2D eigenvalue weighted by molar-refractivity contribution is -0.140. The second kappa shape index (κ2) is 10.3. The fourth-order valence-corrected chi connectivity index (χ4v) is 4.12. The Balaban J connectivity index is 1.94. The maximum atomic E-state index is 13.0. The van der Waals surface area contributed by atoms with E-state index in [1.807, 2.05) is 4.90 Å². The Labute approximate surface area is 159 Å². The zero-order valence-electron chi connectivity index (χ0n) is 17.2. The number of carbonyl (C=O) groups is 2. The normalized spacial score (nSPS) is 23.2. The van der Waals surface area contributed by atoms with Crippen molar-refractivity contribution in [3.63, 3.8) is 0 Å². The summed E-state index contributed by atoms with van der Waals surface area (Å²) in [5.41, 5.74) is 0. The minimum atomic E-state index is -0.337. The van der Waals surface area contributed by atoms with Gasteiger partial charge in [-0.25, -0.2) is 0 Å². The van der Waals surface area contributed by atoms with Gasteiger partial charge in [0.25, 0.3) is 0 Å². The van der Waals surface area contributed by atoms with Crippen LogP contribution in [-0.2, 0) is 9.59 Å². The van der Waals surface area contributed by atoms with Crippen LogP contribution in [-0.4, -0.2) is 83.9 Å². The molecular weight excluding hydrogens is 328 g/mol. The molecule has 26 heavy (non-hydrogen) atoms. The van der Waals surface area contributed by atoms with E-state index in [-0.39, 0.29) is 36.4 Å². The molecule has 0 radical (unpaired) electrons. The molecule has 0 spiro atoms. The molecule has 2 amide bonds. The standard InChI is InChI=1S/C20H38N4O2/c1-16(2)23-12-9-21-20(26)18(23)15-19(25)24(17(3)4)14-13-22-10-7-5-6-8-11-22/h16-18H,5-15H2,1-4H3,(H,21,26). The van der Waals surface area contributed by atoms with Crippen molar-refractivity contribution in [1.82, 2.24) is 20.0 Å². The number of rotatable bonds is 7. The summed E-state index contributed by atoms with van der Waals surface area (Å²) in [6.45, 7) is 13.8. The van der Waals surface area contributed by atoms with E-state index in [2.05, 4.69) is 42.8 Å². The van der Waals surface area contributed by atoms with Gasteiger partial charge >= 0.3 is 0 Å². The van der Waals surface area contributed by atoms with E-state index in [1.165, 1.54) is 25.7 Å². The van der Waals surface area contributed by atoms with Crippen molar-refractivity contribution in [3.8, 4) is 0 Å². The summed E-state index contributed by atoms with van der Waals surface area (Å²) in [6, 6.07) is 0.0905. The van der Waals surface area contributed by atoms with Crippen molar-refractivity contribution < 1.29 is 9.59 Å². The summed E-state index contributed by atoms with van der Waals surface area (Å²) in [5, 5.41) is 2.92. The quantitative estimate of drug-likeness (QED) is 0.745. The zero-order valence-corrected chi connectivity index (χ0v) is 17.2. The summed E-state index contributed by atoms with van der Waals surface area (Å²) in [6.07, 6.45) is 5.46. The van der Waals surface area contributed by atoms with Crippen LogP contribution in [0.15, 0.2) is 0 Å². The Hall–Kier alpha value is -1.14. The van der Waals surface area contributed by atoms with Crippen molar-refractivity contribution in [2.45, 2.75) is 77.9 Å². The minimum absolute atomic E-state index is 0.00507. The minimum Gasteiger partial charge on any atom is -0.353 e. The second-order valence-electron chi connectivity index (χ2n) is 8.28. The molecule has 0 saturated carbocycles. The van der Waals surface area contributed by atoms with Crippen LogP contribution >= 0.6 is 0 Å². The van der Waals surface area contributed by atoms with E-state index in [9.17, 15) is 9.59 Å². The summed E-state index contributed by atoms with van der Waals surface area (Å²) in [7, 11) is 0. The van der Waals surface area contributed by atoms with Crippen molar-refractivity contribution in [1.29, 1.82) is 0 Å². The van der Waals surface area contributed by atoms with E-state index in [1.54, 1.807) is 0 Å². The first-order valence-corrected chi connectivity index (χ1v) is 10.5. The fourth-order valence-electron chi connectivity index (χ4n) is 4.12. The molecule has 1 atom stereocenters. The van der Waals surface area contributed by atoms with Gasteiger partial charge in [0.05, 0.1) is 12.5 Å². The number of likely N-dealkylation sites (tertiary alicyclic amines) is 1. The molecule has 1 unspecified atom stereocenters. The third-order valence-corrected chi connectivity index (χ3v) is 5.70. The SMILES string of the molecule is CC(C)N(CCN1CCCCCC1)C(=O)CC1C(=O)NCCN1C(C)C. The maximum absolute atomic E-state index is 13.0. The van der Waals surface area contributed by atoms with E-state index in [0.29, 0.717) is 6.54 Å². The van der Waals surface area contributed by atoms with Gasteiger partial charge in [-0.3, -0.25) is 14.5 Å². The van der Waals surface area contributed by atoms with Crippen molar-refractivity contribution in [3.05, 3.63) is 0 Å². The van der Waals surface area contributed by atoms with Gasteiger partial charge in [-0.05, 0) is 53.6 Å². The Bertz CT molecular complexity index is 459. The van der Waals surface area contributed by atoms with Crippen LogP contribution in [0.1, 0.15) is 59.8 Å². The lowest BCUT2D eigenvalue weighted by atomic mass is 10.1. The van der Waals surface area contributed by atoms with E-state index >= 15 is 0 Å². The third kappa shape index (κ3) is 5.95. The average molecular weight is 367 g/mol. The molecule has 2 aliphatic heterocycles. The molecule has 2 saturated heterocycles. The molecule has 1 N–H and O–H groups in total. The molecule has 0 aromatic rings. The van der Waals surface area contributed by atoms with Crippen LogP contribution in [0.4, 0.5) is 0 Å². The van der Waals surface area contributed by atoms with Gasteiger partial charge in [-0.15, -0.1) is 0 Å². The maximum Gasteiger partial charge on any atom is 0.237 e. The van der Waals surface area contributed by atoms with Crippen LogP contribution < -0.4 is 5.32 Å². The van der Waals surface area contributed by atoms with E-state index in [4.69, 9.17) is 0 Å². The summed E-state index contributed by atoms with van der Waals surface area (Å²) in [4.78, 5) is 32.0. The first-order chi connectivity index (χ1) is 12.4. The molecule has 0 aliphatic carbocycles. The molecule has 150 valence electrons. The highest BCUT2D eigenvalue weighted by Crippen LogP contribution is 2.16. The van der Waals surface area contributed by atoms with Crippen LogP contribution in [0.3, 0.4) is 0 Å². The van der Waals surface area contributed by atoms with E-state index in [0.717, 1.165) is 32.7 Å². The largest absolute Gasteiger partial charge is 0.353 e. The number of hydrogen-bond acceptors (Lipinski definition) is 4. The van der Waals surface area contributed by atoms with Gasteiger partial charge in [0.15, 0.2) is 0 Å². The summed E-state index contributed by atoms with van der Waals surface area (Å²) < 4.78 is 0. The van der Waals surface area contributed by atoms with Gasteiger partial charge in [0.2, 0.25) is 11.8 Å². The molecule has 6 heteroatoms. The molecule has 6 nitrogen and oxygen atoms in total. The number of piperazine rings is 1. The number of amides is 2. The molecule has 2 fully saturated rings. The highest BCUT2D eigenvalue weighted by molar-refractivity contribution is 5.89. The number of carbonyl (C=O) groups excluding carboxylic acids is 2. The van der Waals surface area contributed by atoms with Crippen molar-refractivity contribution >= 4 is 11.8 Å². The van der Waals surface area contributed by atoms with Gasteiger partial charge in [0, 0.05) is 38.3 Å². The lowest BCUT2D eigenvalue weighted by Gasteiger charge is -2.39. The van der Waals surface area contributed by atoms with Gasteiger partial charge in [-0.2, -0.15) is 0 Å².